The van der Waals surface area contributed by atoms with E-state index in [0.717, 1.165) is 0 Å². The van der Waals surface area contributed by atoms with Crippen molar-refractivity contribution >= 4 is 11.7 Å². The number of nitrogens with one attached hydrogen (secondary N) is 1. The lowest BCUT2D eigenvalue weighted by molar-refractivity contribution is -0.129. The smallest absolute Gasteiger partial charge is 0.225 e. The first-order valence-corrected chi connectivity index (χ1v) is 11.0. The predicted octanol–water partition coefficient (Wildman–Crippen LogP) is 1.47. The fourth-order valence-corrected chi connectivity index (χ4v) is 1.94. The number of amides is 1. The summed E-state index contributed by atoms with van der Waals surface area (Å²) in [5.74, 6) is 0.115. The quantitative estimate of drug-likeness (QED) is 0.263. The van der Waals surface area contributed by atoms with E-state index in [9.17, 15) is 9.59 Å². The summed E-state index contributed by atoms with van der Waals surface area (Å²) in [5.41, 5.74) is -0.381. The van der Waals surface area contributed by atoms with Crippen molar-refractivity contribution < 1.29 is 38.0 Å². The van der Waals surface area contributed by atoms with E-state index in [-0.39, 0.29) is 29.6 Å². The molecule has 0 aromatic rings. The third kappa shape index (κ3) is 20.6. The van der Waals surface area contributed by atoms with Gasteiger partial charge in [0, 0.05) is 17.9 Å². The summed E-state index contributed by atoms with van der Waals surface area (Å²) >= 11 is 0. The number of Topliss-reactive ketones (excluding diaryl/α,β-unsaturated/α-hetero) is 1. The molecule has 0 heterocycles. The van der Waals surface area contributed by atoms with Crippen LogP contribution in [0.3, 0.4) is 0 Å². The van der Waals surface area contributed by atoms with Crippen LogP contribution >= 0.6 is 0 Å². The van der Waals surface area contributed by atoms with Gasteiger partial charge in [0.05, 0.1) is 72.7 Å². The van der Waals surface area contributed by atoms with Crippen molar-refractivity contribution in [2.45, 2.75) is 34.6 Å². The second-order valence-electron chi connectivity index (χ2n) is 8.24. The van der Waals surface area contributed by atoms with Crippen molar-refractivity contribution in [1.82, 2.24) is 5.32 Å². The Labute approximate surface area is 187 Å². The zero-order valence-corrected chi connectivity index (χ0v) is 20.0. The summed E-state index contributed by atoms with van der Waals surface area (Å²) in [6.07, 6.45) is 0. The largest absolute Gasteiger partial charge is 0.377 e. The molecule has 0 saturated heterocycles. The minimum Gasteiger partial charge on any atom is -0.377 e. The van der Waals surface area contributed by atoms with Gasteiger partial charge in [0.15, 0.2) is 5.78 Å². The highest BCUT2D eigenvalue weighted by atomic mass is 16.6. The normalized spacial score (nSPS) is 11.8. The number of carbonyl (C=O) groups excluding carboxylic acids is 2. The summed E-state index contributed by atoms with van der Waals surface area (Å²) < 4.78 is 32.2. The highest BCUT2D eigenvalue weighted by molar-refractivity contribution is 5.81. The van der Waals surface area contributed by atoms with Crippen LogP contribution in [-0.4, -0.2) is 97.5 Å². The number of hydrogen-bond acceptors (Lipinski definition) is 8. The van der Waals surface area contributed by atoms with E-state index in [1.807, 2.05) is 34.6 Å². The van der Waals surface area contributed by atoms with Gasteiger partial charge in [0.2, 0.25) is 5.91 Å². The van der Waals surface area contributed by atoms with Crippen molar-refractivity contribution in [3.05, 3.63) is 0 Å². The Morgan fingerprint density at radius 2 is 1.00 bits per heavy atom. The van der Waals surface area contributed by atoms with Crippen molar-refractivity contribution in [3.8, 4) is 0 Å². The van der Waals surface area contributed by atoms with Crippen LogP contribution in [0.4, 0.5) is 0 Å². The van der Waals surface area contributed by atoms with Crippen LogP contribution in [0.25, 0.3) is 0 Å². The van der Waals surface area contributed by atoms with Gasteiger partial charge in [-0.2, -0.15) is 0 Å². The lowest BCUT2D eigenvalue weighted by Crippen LogP contribution is -2.36. The molecule has 0 aromatic heterocycles. The summed E-state index contributed by atoms with van der Waals surface area (Å²) in [5, 5.41) is 2.82. The van der Waals surface area contributed by atoms with Gasteiger partial charge in [-0.1, -0.05) is 34.6 Å². The number of carbonyl (C=O) groups is 2. The highest BCUT2D eigenvalue weighted by Gasteiger charge is 2.20. The molecule has 0 unspecified atom stereocenters. The first kappa shape index (κ1) is 29.9. The molecule has 9 heteroatoms. The van der Waals surface area contributed by atoms with Gasteiger partial charge in [0.1, 0.15) is 6.61 Å². The van der Waals surface area contributed by atoms with E-state index in [2.05, 4.69) is 5.32 Å². The van der Waals surface area contributed by atoms with Gasteiger partial charge in [0.25, 0.3) is 0 Å². The van der Waals surface area contributed by atoms with Gasteiger partial charge in [-0.3, -0.25) is 9.59 Å². The van der Waals surface area contributed by atoms with Crippen LogP contribution in [0, 0.1) is 11.3 Å². The summed E-state index contributed by atoms with van der Waals surface area (Å²) in [6, 6.07) is 0. The second-order valence-corrected chi connectivity index (χ2v) is 8.24. The zero-order chi connectivity index (χ0) is 23.4. The van der Waals surface area contributed by atoms with E-state index in [1.165, 1.54) is 0 Å². The molecule has 1 amide bonds. The number of hydrogen-bond donors (Lipinski definition) is 1. The molecule has 0 radical (unpaired) electrons. The lowest BCUT2D eigenvalue weighted by atomic mass is 9.96. The molecule has 0 atom stereocenters. The van der Waals surface area contributed by atoms with E-state index in [0.29, 0.717) is 79.2 Å². The summed E-state index contributed by atoms with van der Waals surface area (Å²) in [6.45, 7) is 15.2. The van der Waals surface area contributed by atoms with E-state index in [4.69, 9.17) is 28.4 Å². The van der Waals surface area contributed by atoms with Crippen molar-refractivity contribution in [2.24, 2.45) is 11.3 Å². The van der Waals surface area contributed by atoms with Gasteiger partial charge in [-0.05, 0) is 0 Å². The van der Waals surface area contributed by atoms with Gasteiger partial charge >= 0.3 is 0 Å². The molecule has 0 aliphatic rings. The average Bonchev–Trinajstić information content (AvgIpc) is 2.71. The predicted molar refractivity (Wildman–Crippen MR) is 117 cm³/mol. The minimum absolute atomic E-state index is 0.00203. The Morgan fingerprint density at radius 3 is 1.35 bits per heavy atom. The molecule has 9 nitrogen and oxygen atoms in total. The van der Waals surface area contributed by atoms with Gasteiger partial charge in [-0.15, -0.1) is 0 Å². The van der Waals surface area contributed by atoms with Crippen molar-refractivity contribution in [3.63, 3.8) is 0 Å². The molecule has 0 aliphatic carbocycles. The fraction of sp³-hybridized carbons (Fsp3) is 0.909. The van der Waals surface area contributed by atoms with Crippen LogP contribution in [0.5, 0.6) is 0 Å². The van der Waals surface area contributed by atoms with Gasteiger partial charge < -0.3 is 33.7 Å². The third-order valence-corrected chi connectivity index (χ3v) is 3.96. The highest BCUT2D eigenvalue weighted by Crippen LogP contribution is 2.11. The standard InChI is InChI=1S/C22H43NO8/c1-19(2)20(24)18-31-17-16-30-15-14-29-13-12-28-11-10-27-9-8-26-7-6-23-21(25)22(3,4)5/h19H,6-18H2,1-5H3,(H,23,25). The third-order valence-electron chi connectivity index (χ3n) is 3.96. The summed E-state index contributed by atoms with van der Waals surface area (Å²) in [4.78, 5) is 23.0. The van der Waals surface area contributed by atoms with Crippen LogP contribution in [0.1, 0.15) is 34.6 Å². The monoisotopic (exact) mass is 449 g/mol. The number of ether oxygens (including phenoxy) is 6. The molecule has 0 fully saturated rings. The lowest BCUT2D eigenvalue weighted by Gasteiger charge is -2.17. The molecule has 184 valence electrons. The minimum atomic E-state index is -0.381. The van der Waals surface area contributed by atoms with E-state index in [1.54, 1.807) is 0 Å². The first-order valence-electron chi connectivity index (χ1n) is 11.0. The maximum absolute atomic E-state index is 11.6. The molecular formula is C22H43NO8. The van der Waals surface area contributed by atoms with Crippen molar-refractivity contribution in [2.75, 3.05) is 85.8 Å². The molecule has 0 aromatic carbocycles. The molecule has 1 N–H and O–H groups in total. The Bertz CT molecular complexity index is 451. The van der Waals surface area contributed by atoms with E-state index >= 15 is 0 Å². The molecule has 0 bridgehead atoms. The van der Waals surface area contributed by atoms with Crippen LogP contribution < -0.4 is 5.32 Å². The maximum Gasteiger partial charge on any atom is 0.225 e. The molecule has 0 rings (SSSR count). The fourth-order valence-electron chi connectivity index (χ4n) is 1.94. The first-order chi connectivity index (χ1) is 14.7. The van der Waals surface area contributed by atoms with Crippen LogP contribution in [0.2, 0.25) is 0 Å². The Balaban J connectivity index is 3.16. The number of ketones is 1. The Hall–Kier alpha value is -1.10. The molecule has 0 saturated carbocycles. The molecule has 0 aliphatic heterocycles. The zero-order valence-electron chi connectivity index (χ0n) is 20.0. The molecular weight excluding hydrogens is 406 g/mol. The second kappa shape index (κ2) is 19.6. The molecule has 0 spiro atoms. The van der Waals surface area contributed by atoms with Crippen molar-refractivity contribution in [1.29, 1.82) is 0 Å². The topological polar surface area (TPSA) is 102 Å². The molecule has 31 heavy (non-hydrogen) atoms. The summed E-state index contributed by atoms with van der Waals surface area (Å²) in [7, 11) is 0. The van der Waals surface area contributed by atoms with Gasteiger partial charge in [-0.25, -0.2) is 0 Å². The average molecular weight is 450 g/mol. The van der Waals surface area contributed by atoms with Crippen LogP contribution in [-0.2, 0) is 38.0 Å². The number of rotatable bonds is 21. The Kier molecular flexibility index (Phi) is 18.9. The Morgan fingerprint density at radius 1 is 0.645 bits per heavy atom. The van der Waals surface area contributed by atoms with Crippen LogP contribution in [0.15, 0.2) is 0 Å². The van der Waals surface area contributed by atoms with E-state index < -0.39 is 0 Å². The maximum atomic E-state index is 11.6. The SMILES string of the molecule is CC(C)C(=O)COCCOCCOCCOCCOCCOCCNC(=O)C(C)(C)C.